The first-order valence-electron chi connectivity index (χ1n) is 7.39. The number of carbonyl (C=O) groups excluding carboxylic acids is 1. The van der Waals surface area contributed by atoms with Crippen molar-refractivity contribution < 1.29 is 22.7 Å². The summed E-state index contributed by atoms with van der Waals surface area (Å²) < 4.78 is 34.0. The number of benzene rings is 2. The first-order chi connectivity index (χ1) is 11.8. The minimum atomic E-state index is -3.30. The summed E-state index contributed by atoms with van der Waals surface area (Å²) >= 11 is 6.11. The van der Waals surface area contributed by atoms with E-state index in [1.807, 2.05) is 0 Å². The number of methoxy groups -OCH3 is 1. The van der Waals surface area contributed by atoms with Gasteiger partial charge in [0.05, 0.1) is 18.6 Å². The van der Waals surface area contributed by atoms with E-state index in [2.05, 4.69) is 0 Å². The topological polar surface area (TPSA) is 72.9 Å². The third kappa shape index (κ3) is 3.57. The quantitative estimate of drug-likeness (QED) is 0.817. The third-order valence-electron chi connectivity index (χ3n) is 3.86. The molecule has 1 heterocycles. The van der Waals surface area contributed by atoms with E-state index in [0.29, 0.717) is 27.8 Å². The molecule has 6 nitrogen and oxygen atoms in total. The first kappa shape index (κ1) is 17.6. The monoisotopic (exact) mass is 381 g/mol. The van der Waals surface area contributed by atoms with Crippen LogP contribution in [0.3, 0.4) is 0 Å². The number of rotatable bonds is 3. The van der Waals surface area contributed by atoms with Gasteiger partial charge in [0, 0.05) is 28.6 Å². The number of ether oxygens (including phenoxy) is 2. The van der Waals surface area contributed by atoms with Crippen LogP contribution in [0, 0.1) is 0 Å². The van der Waals surface area contributed by atoms with Crippen molar-refractivity contribution in [2.75, 3.05) is 24.9 Å². The van der Waals surface area contributed by atoms with Crippen molar-refractivity contribution >= 4 is 33.0 Å². The van der Waals surface area contributed by atoms with E-state index in [1.54, 1.807) is 24.3 Å². The lowest BCUT2D eigenvalue weighted by molar-refractivity contribution is -0.120. The summed E-state index contributed by atoms with van der Waals surface area (Å²) in [6.07, 6.45) is 1.14. The lowest BCUT2D eigenvalue weighted by Gasteiger charge is -2.20. The fraction of sp³-hybridized carbons (Fsp3) is 0.235. The van der Waals surface area contributed by atoms with Crippen molar-refractivity contribution in [3.8, 4) is 11.5 Å². The van der Waals surface area contributed by atoms with Crippen molar-refractivity contribution in [2.24, 2.45) is 0 Å². The van der Waals surface area contributed by atoms with Gasteiger partial charge in [0.2, 0.25) is 0 Å². The highest BCUT2D eigenvalue weighted by Gasteiger charge is 2.26. The van der Waals surface area contributed by atoms with E-state index >= 15 is 0 Å². The van der Waals surface area contributed by atoms with E-state index in [1.165, 1.54) is 24.1 Å². The molecule has 1 aliphatic rings. The maximum absolute atomic E-state index is 12.5. The smallest absolute Gasteiger partial charge is 0.265 e. The zero-order chi connectivity index (χ0) is 18.2. The second-order valence-corrected chi connectivity index (χ2v) is 8.08. The van der Waals surface area contributed by atoms with Gasteiger partial charge in [-0.1, -0.05) is 11.6 Å². The number of sulfone groups is 1. The van der Waals surface area contributed by atoms with Gasteiger partial charge in [0.25, 0.3) is 5.91 Å². The molecule has 0 N–H and O–H groups in total. The molecular weight excluding hydrogens is 366 g/mol. The lowest BCUT2D eigenvalue weighted by Crippen LogP contribution is -2.32. The molecule has 8 heteroatoms. The molecule has 1 amide bonds. The van der Waals surface area contributed by atoms with Crippen LogP contribution in [0.15, 0.2) is 41.3 Å². The number of carbonyl (C=O) groups is 1. The number of nitrogens with zero attached hydrogens (tertiary/aromatic N) is 1. The average molecular weight is 382 g/mol. The largest absolute Gasteiger partial charge is 0.493 e. The van der Waals surface area contributed by atoms with Crippen LogP contribution in [-0.4, -0.2) is 34.3 Å². The number of fused-ring (bicyclic) bond motifs is 1. The normalized spacial score (nSPS) is 14.5. The van der Waals surface area contributed by atoms with E-state index in [4.69, 9.17) is 21.1 Å². The van der Waals surface area contributed by atoms with Gasteiger partial charge in [-0.05, 0) is 30.3 Å². The standard InChI is InChI=1S/C17H16ClNO5S/c1-23-15-8-12(18)7-11-9-19(16(20)10-24-17(11)15)13-3-5-14(6-4-13)25(2,21)22/h3-8H,9-10H2,1-2H3. The van der Waals surface area contributed by atoms with Gasteiger partial charge in [-0.25, -0.2) is 8.42 Å². The van der Waals surface area contributed by atoms with E-state index in [-0.39, 0.29) is 24.0 Å². The van der Waals surface area contributed by atoms with E-state index in [0.717, 1.165) is 6.26 Å². The maximum Gasteiger partial charge on any atom is 0.265 e. The van der Waals surface area contributed by atoms with Crippen LogP contribution in [0.25, 0.3) is 0 Å². The number of hydrogen-bond acceptors (Lipinski definition) is 5. The predicted octanol–water partition coefficient (Wildman–Crippen LogP) is 2.68. The summed E-state index contributed by atoms with van der Waals surface area (Å²) in [5.41, 5.74) is 1.29. The first-order valence-corrected chi connectivity index (χ1v) is 9.66. The number of halogens is 1. The molecule has 0 radical (unpaired) electrons. The van der Waals surface area contributed by atoms with Gasteiger partial charge in [-0.3, -0.25) is 4.79 Å². The predicted molar refractivity (Wildman–Crippen MR) is 94.2 cm³/mol. The van der Waals surface area contributed by atoms with Crippen molar-refractivity contribution in [3.05, 3.63) is 47.0 Å². The van der Waals surface area contributed by atoms with E-state index < -0.39 is 9.84 Å². The molecular formula is C17H16ClNO5S. The Labute approximate surface area is 150 Å². The van der Waals surface area contributed by atoms with Crippen LogP contribution in [0.1, 0.15) is 5.56 Å². The van der Waals surface area contributed by atoms with Crippen LogP contribution >= 0.6 is 11.6 Å². The number of anilines is 1. The molecule has 0 atom stereocenters. The molecule has 0 saturated carbocycles. The Kier molecular flexibility index (Phi) is 4.62. The Balaban J connectivity index is 2.00. The minimum absolute atomic E-state index is 0.154. The molecule has 0 bridgehead atoms. The minimum Gasteiger partial charge on any atom is -0.493 e. The van der Waals surface area contributed by atoms with Gasteiger partial charge in [0.15, 0.2) is 27.9 Å². The maximum atomic E-state index is 12.5. The SMILES string of the molecule is COc1cc(Cl)cc2c1OCC(=O)N(c1ccc(S(C)(=O)=O)cc1)C2. The molecule has 1 aliphatic heterocycles. The summed E-state index contributed by atoms with van der Waals surface area (Å²) in [5.74, 6) is 0.696. The lowest BCUT2D eigenvalue weighted by atomic mass is 10.1. The second kappa shape index (κ2) is 6.57. The highest BCUT2D eigenvalue weighted by molar-refractivity contribution is 7.90. The Morgan fingerprint density at radius 2 is 1.88 bits per heavy atom. The van der Waals surface area contributed by atoms with Crippen LogP contribution in [0.2, 0.25) is 5.02 Å². The Hall–Kier alpha value is -2.25. The van der Waals surface area contributed by atoms with Gasteiger partial charge in [0.1, 0.15) is 0 Å². The van der Waals surface area contributed by atoms with Crippen molar-refractivity contribution in [2.45, 2.75) is 11.4 Å². The Bertz CT molecular complexity index is 925. The van der Waals surface area contributed by atoms with Gasteiger partial charge < -0.3 is 14.4 Å². The Morgan fingerprint density at radius 3 is 2.48 bits per heavy atom. The molecule has 0 fully saturated rings. The molecule has 0 aliphatic carbocycles. The van der Waals surface area contributed by atoms with Crippen LogP contribution in [0.5, 0.6) is 11.5 Å². The van der Waals surface area contributed by atoms with Crippen molar-refractivity contribution in [1.29, 1.82) is 0 Å². The summed E-state index contributed by atoms with van der Waals surface area (Å²) in [6, 6.07) is 9.49. The fourth-order valence-electron chi connectivity index (χ4n) is 2.63. The van der Waals surface area contributed by atoms with Crippen LogP contribution in [-0.2, 0) is 21.2 Å². The van der Waals surface area contributed by atoms with E-state index in [9.17, 15) is 13.2 Å². The number of hydrogen-bond donors (Lipinski definition) is 0. The molecule has 0 aromatic heterocycles. The van der Waals surface area contributed by atoms with Gasteiger partial charge in [-0.15, -0.1) is 0 Å². The summed E-state index contributed by atoms with van der Waals surface area (Å²) in [4.78, 5) is 14.2. The highest BCUT2D eigenvalue weighted by Crippen LogP contribution is 2.37. The fourth-order valence-corrected chi connectivity index (χ4v) is 3.50. The van der Waals surface area contributed by atoms with Crippen molar-refractivity contribution in [3.63, 3.8) is 0 Å². The van der Waals surface area contributed by atoms with Gasteiger partial charge in [-0.2, -0.15) is 0 Å². The van der Waals surface area contributed by atoms with Gasteiger partial charge >= 0.3 is 0 Å². The summed E-state index contributed by atoms with van der Waals surface area (Å²) in [6.45, 7) is 0.0854. The Morgan fingerprint density at radius 1 is 1.20 bits per heavy atom. The molecule has 132 valence electrons. The average Bonchev–Trinajstić information content (AvgIpc) is 2.73. The zero-order valence-corrected chi connectivity index (χ0v) is 15.2. The zero-order valence-electron chi connectivity index (χ0n) is 13.7. The molecule has 0 spiro atoms. The summed E-state index contributed by atoms with van der Waals surface area (Å²) in [7, 11) is -1.79. The number of amides is 1. The third-order valence-corrected chi connectivity index (χ3v) is 5.21. The molecule has 25 heavy (non-hydrogen) atoms. The molecule has 0 saturated heterocycles. The van der Waals surface area contributed by atoms with Crippen LogP contribution in [0.4, 0.5) is 5.69 Å². The van der Waals surface area contributed by atoms with Crippen LogP contribution < -0.4 is 14.4 Å². The van der Waals surface area contributed by atoms with Crippen molar-refractivity contribution in [1.82, 2.24) is 0 Å². The molecule has 0 unspecified atom stereocenters. The second-order valence-electron chi connectivity index (χ2n) is 5.63. The molecule has 2 aromatic rings. The highest BCUT2D eigenvalue weighted by atomic mass is 35.5. The molecule has 3 rings (SSSR count). The molecule has 2 aromatic carbocycles. The summed E-state index contributed by atoms with van der Waals surface area (Å²) in [5, 5.41) is 0.473.